The molecular weight excluding hydrogens is 438 g/mol. The van der Waals surface area contributed by atoms with E-state index in [9.17, 15) is 9.59 Å². The standard InChI is InChI=1S/C26H25NO5S/c1-3-15-31-21-14-13-18(16-22(21)30-4-2)26(29)32-17-25(28)27-19-9-5-7-11-23(19)33-24-12-8-6-10-20(24)27/h5-14,16H,3-4,15,17H2,1-2H3. The van der Waals surface area contributed by atoms with Crippen LogP contribution in [0.1, 0.15) is 30.6 Å². The number of hydrogen-bond acceptors (Lipinski definition) is 6. The fourth-order valence-corrected chi connectivity index (χ4v) is 4.54. The van der Waals surface area contributed by atoms with Crippen molar-refractivity contribution in [1.29, 1.82) is 0 Å². The van der Waals surface area contributed by atoms with Gasteiger partial charge in [0.15, 0.2) is 18.1 Å². The van der Waals surface area contributed by atoms with Crippen molar-refractivity contribution in [3.8, 4) is 11.5 Å². The highest BCUT2D eigenvalue weighted by Gasteiger charge is 2.28. The van der Waals surface area contributed by atoms with Gasteiger partial charge in [0.05, 0.1) is 30.2 Å². The van der Waals surface area contributed by atoms with Gasteiger partial charge in [0.1, 0.15) is 0 Å². The number of para-hydroxylation sites is 2. The molecule has 0 aromatic heterocycles. The SMILES string of the molecule is CCCOc1ccc(C(=O)OCC(=O)N2c3ccccc3Sc3ccccc32)cc1OCC. The van der Waals surface area contributed by atoms with Gasteiger partial charge in [-0.3, -0.25) is 9.69 Å². The Balaban J connectivity index is 1.51. The molecule has 4 rings (SSSR count). The Morgan fingerprint density at radius 2 is 1.52 bits per heavy atom. The van der Waals surface area contributed by atoms with E-state index in [0.717, 1.165) is 27.6 Å². The molecule has 0 saturated heterocycles. The Kier molecular flexibility index (Phi) is 7.19. The highest BCUT2D eigenvalue weighted by atomic mass is 32.2. The van der Waals surface area contributed by atoms with Crippen LogP contribution < -0.4 is 14.4 Å². The minimum Gasteiger partial charge on any atom is -0.490 e. The second-order valence-corrected chi connectivity index (χ2v) is 8.37. The number of amides is 1. The summed E-state index contributed by atoms with van der Waals surface area (Å²) in [6.45, 7) is 4.48. The summed E-state index contributed by atoms with van der Waals surface area (Å²) in [5.74, 6) is 0.128. The Morgan fingerprint density at radius 1 is 0.848 bits per heavy atom. The number of hydrogen-bond donors (Lipinski definition) is 0. The van der Waals surface area contributed by atoms with E-state index in [2.05, 4.69) is 0 Å². The highest BCUT2D eigenvalue weighted by Crippen LogP contribution is 2.47. The average Bonchev–Trinajstić information content (AvgIpc) is 2.85. The van der Waals surface area contributed by atoms with Crippen LogP contribution in [0, 0.1) is 0 Å². The number of fused-ring (bicyclic) bond motifs is 2. The molecule has 170 valence electrons. The Morgan fingerprint density at radius 3 is 2.15 bits per heavy atom. The highest BCUT2D eigenvalue weighted by molar-refractivity contribution is 7.99. The number of ether oxygens (including phenoxy) is 3. The lowest BCUT2D eigenvalue weighted by molar-refractivity contribution is -0.121. The normalized spacial score (nSPS) is 11.9. The van der Waals surface area contributed by atoms with E-state index < -0.39 is 5.97 Å². The molecule has 1 amide bonds. The summed E-state index contributed by atoms with van der Waals surface area (Å²) in [7, 11) is 0. The number of esters is 1. The molecule has 0 fully saturated rings. The van der Waals surface area contributed by atoms with E-state index in [4.69, 9.17) is 14.2 Å². The zero-order valence-corrected chi connectivity index (χ0v) is 19.4. The summed E-state index contributed by atoms with van der Waals surface area (Å²) in [5, 5.41) is 0. The second-order valence-electron chi connectivity index (χ2n) is 7.29. The van der Waals surface area contributed by atoms with Crippen LogP contribution >= 0.6 is 11.8 Å². The van der Waals surface area contributed by atoms with Gasteiger partial charge in [0, 0.05) is 9.79 Å². The van der Waals surface area contributed by atoms with Crippen LogP contribution in [-0.2, 0) is 9.53 Å². The lowest BCUT2D eigenvalue weighted by atomic mass is 10.2. The molecule has 33 heavy (non-hydrogen) atoms. The maximum absolute atomic E-state index is 13.2. The van der Waals surface area contributed by atoms with Crippen LogP contribution in [0.25, 0.3) is 0 Å². The van der Waals surface area contributed by atoms with E-state index in [1.165, 1.54) is 0 Å². The summed E-state index contributed by atoms with van der Waals surface area (Å²) in [4.78, 5) is 29.5. The third kappa shape index (κ3) is 4.98. The molecule has 1 heterocycles. The van der Waals surface area contributed by atoms with Crippen LogP contribution in [-0.4, -0.2) is 31.7 Å². The van der Waals surface area contributed by atoms with Gasteiger partial charge < -0.3 is 14.2 Å². The maximum Gasteiger partial charge on any atom is 0.338 e. The van der Waals surface area contributed by atoms with Crippen molar-refractivity contribution in [3.05, 3.63) is 72.3 Å². The van der Waals surface area contributed by atoms with E-state index in [1.807, 2.05) is 62.4 Å². The number of carbonyl (C=O) groups excluding carboxylic acids is 2. The predicted octanol–water partition coefficient (Wildman–Crippen LogP) is 5.86. The van der Waals surface area contributed by atoms with Crippen molar-refractivity contribution in [1.82, 2.24) is 0 Å². The van der Waals surface area contributed by atoms with Gasteiger partial charge in [0.2, 0.25) is 0 Å². The zero-order chi connectivity index (χ0) is 23.2. The minimum atomic E-state index is -0.598. The van der Waals surface area contributed by atoms with E-state index in [-0.39, 0.29) is 12.5 Å². The van der Waals surface area contributed by atoms with Crippen molar-refractivity contribution in [2.24, 2.45) is 0 Å². The van der Waals surface area contributed by atoms with Gasteiger partial charge >= 0.3 is 5.97 Å². The van der Waals surface area contributed by atoms with Gasteiger partial charge in [-0.1, -0.05) is 43.0 Å². The summed E-state index contributed by atoms with van der Waals surface area (Å²) >= 11 is 1.61. The Bertz CT molecular complexity index is 1120. The van der Waals surface area contributed by atoms with Crippen molar-refractivity contribution < 1.29 is 23.8 Å². The number of benzene rings is 3. The molecule has 0 N–H and O–H groups in total. The van der Waals surface area contributed by atoms with Crippen molar-refractivity contribution in [3.63, 3.8) is 0 Å². The van der Waals surface area contributed by atoms with Gasteiger partial charge in [-0.2, -0.15) is 0 Å². The minimum absolute atomic E-state index is 0.296. The largest absolute Gasteiger partial charge is 0.490 e. The predicted molar refractivity (Wildman–Crippen MR) is 128 cm³/mol. The van der Waals surface area contributed by atoms with E-state index in [0.29, 0.717) is 30.3 Å². The molecule has 0 bridgehead atoms. The molecule has 0 spiro atoms. The lowest BCUT2D eigenvalue weighted by Gasteiger charge is -2.30. The molecule has 0 unspecified atom stereocenters. The van der Waals surface area contributed by atoms with Crippen LogP contribution in [0.15, 0.2) is 76.5 Å². The van der Waals surface area contributed by atoms with Crippen molar-refractivity contribution >= 4 is 35.0 Å². The number of carbonyl (C=O) groups is 2. The molecule has 6 nitrogen and oxygen atoms in total. The third-order valence-electron chi connectivity index (χ3n) is 4.95. The fraction of sp³-hybridized carbons (Fsp3) is 0.231. The van der Waals surface area contributed by atoms with Crippen LogP contribution in [0.3, 0.4) is 0 Å². The Hall–Kier alpha value is -3.45. The maximum atomic E-state index is 13.2. The second kappa shape index (κ2) is 10.4. The van der Waals surface area contributed by atoms with Crippen molar-refractivity contribution in [2.75, 3.05) is 24.7 Å². The first kappa shape index (κ1) is 22.7. The first-order chi connectivity index (χ1) is 16.1. The first-order valence-electron chi connectivity index (χ1n) is 10.9. The van der Waals surface area contributed by atoms with Gasteiger partial charge in [-0.25, -0.2) is 4.79 Å². The van der Waals surface area contributed by atoms with Crippen LogP contribution in [0.4, 0.5) is 11.4 Å². The zero-order valence-electron chi connectivity index (χ0n) is 18.6. The number of rotatable bonds is 8. The van der Waals surface area contributed by atoms with E-state index in [1.54, 1.807) is 34.9 Å². The third-order valence-corrected chi connectivity index (χ3v) is 6.08. The lowest BCUT2D eigenvalue weighted by Crippen LogP contribution is -2.32. The molecule has 1 aliphatic heterocycles. The molecular formula is C26H25NO5S. The molecule has 0 radical (unpaired) electrons. The average molecular weight is 464 g/mol. The molecule has 3 aromatic rings. The summed E-state index contributed by atoms with van der Waals surface area (Å²) < 4.78 is 16.7. The fourth-order valence-electron chi connectivity index (χ4n) is 3.48. The summed E-state index contributed by atoms with van der Waals surface area (Å²) in [6, 6.07) is 20.3. The van der Waals surface area contributed by atoms with Gasteiger partial charge in [0.25, 0.3) is 5.91 Å². The number of nitrogens with zero attached hydrogens (tertiary/aromatic N) is 1. The van der Waals surface area contributed by atoms with Crippen LogP contribution in [0.2, 0.25) is 0 Å². The quantitative estimate of drug-likeness (QED) is 0.390. The first-order valence-corrected chi connectivity index (χ1v) is 11.7. The summed E-state index contributed by atoms with van der Waals surface area (Å²) in [5.41, 5.74) is 1.85. The molecule has 7 heteroatoms. The van der Waals surface area contributed by atoms with E-state index >= 15 is 0 Å². The molecule has 0 saturated carbocycles. The topological polar surface area (TPSA) is 65.1 Å². The molecule has 1 aliphatic rings. The van der Waals surface area contributed by atoms with Gasteiger partial charge in [-0.15, -0.1) is 0 Å². The monoisotopic (exact) mass is 463 g/mol. The molecule has 0 aliphatic carbocycles. The van der Waals surface area contributed by atoms with Crippen molar-refractivity contribution in [2.45, 2.75) is 30.1 Å². The van der Waals surface area contributed by atoms with Crippen LogP contribution in [0.5, 0.6) is 11.5 Å². The number of anilines is 2. The summed E-state index contributed by atoms with van der Waals surface area (Å²) in [6.07, 6.45) is 0.860. The molecule has 0 atom stereocenters. The smallest absolute Gasteiger partial charge is 0.338 e. The molecule has 3 aromatic carbocycles. The Labute approximate surface area is 197 Å². The van der Waals surface area contributed by atoms with Gasteiger partial charge in [-0.05, 0) is 55.8 Å².